The van der Waals surface area contributed by atoms with Gasteiger partial charge in [-0.3, -0.25) is 4.79 Å². The molecule has 3 heterocycles. The maximum absolute atomic E-state index is 12.7. The van der Waals surface area contributed by atoms with E-state index in [1.165, 1.54) is 0 Å². The molecule has 2 aromatic rings. The fourth-order valence-electron chi connectivity index (χ4n) is 3.97. The number of fused-ring (bicyclic) bond motifs is 1. The van der Waals surface area contributed by atoms with Gasteiger partial charge in [0.15, 0.2) is 11.5 Å². The third kappa shape index (κ3) is 2.91. The summed E-state index contributed by atoms with van der Waals surface area (Å²) >= 11 is 0. The van der Waals surface area contributed by atoms with Crippen molar-refractivity contribution in [1.82, 2.24) is 14.9 Å². The normalized spacial score (nSPS) is 20.0. The van der Waals surface area contributed by atoms with E-state index in [1.807, 2.05) is 17.0 Å². The first-order valence-electron chi connectivity index (χ1n) is 9.11. The molecule has 1 atom stereocenters. The molecule has 138 valence electrons. The summed E-state index contributed by atoms with van der Waals surface area (Å²) in [6.45, 7) is 3.34. The van der Waals surface area contributed by atoms with Crippen LogP contribution >= 0.6 is 0 Å². The van der Waals surface area contributed by atoms with Gasteiger partial charge >= 0.3 is 0 Å². The lowest BCUT2D eigenvalue weighted by Gasteiger charge is -2.22. The van der Waals surface area contributed by atoms with Crippen molar-refractivity contribution in [2.45, 2.75) is 19.3 Å². The van der Waals surface area contributed by atoms with Gasteiger partial charge in [-0.2, -0.15) is 0 Å². The fraction of sp³-hybridized carbons (Fsp3) is 0.526. The van der Waals surface area contributed by atoms with Crippen LogP contribution in [0.5, 0.6) is 11.5 Å². The minimum absolute atomic E-state index is 0.0539. The van der Waals surface area contributed by atoms with Crippen molar-refractivity contribution in [2.75, 3.05) is 45.3 Å². The molecule has 0 aliphatic carbocycles. The highest BCUT2D eigenvalue weighted by atomic mass is 16.5. The number of likely N-dealkylation sites (tertiary alicyclic amines) is 1. The van der Waals surface area contributed by atoms with Crippen LogP contribution in [0.4, 0.5) is 5.82 Å². The Labute approximate surface area is 152 Å². The molecule has 0 N–H and O–H groups in total. The van der Waals surface area contributed by atoms with Crippen LogP contribution in [-0.4, -0.2) is 61.2 Å². The Bertz CT molecular complexity index is 820. The number of ether oxygens (including phenoxy) is 2. The van der Waals surface area contributed by atoms with Crippen LogP contribution in [0.2, 0.25) is 0 Å². The van der Waals surface area contributed by atoms with E-state index in [4.69, 9.17) is 9.47 Å². The predicted octanol–water partition coefficient (Wildman–Crippen LogP) is 2.10. The van der Waals surface area contributed by atoms with Crippen LogP contribution in [0.25, 0.3) is 10.9 Å². The zero-order valence-electron chi connectivity index (χ0n) is 15.3. The molecule has 0 bridgehead atoms. The molecule has 0 saturated carbocycles. The first-order valence-corrected chi connectivity index (χ1v) is 9.11. The van der Waals surface area contributed by atoms with Gasteiger partial charge in [0.1, 0.15) is 12.1 Å². The van der Waals surface area contributed by atoms with E-state index in [1.54, 1.807) is 20.5 Å². The van der Waals surface area contributed by atoms with Crippen molar-refractivity contribution in [3.8, 4) is 11.5 Å². The van der Waals surface area contributed by atoms with Gasteiger partial charge in [0.05, 0.1) is 25.7 Å². The second-order valence-corrected chi connectivity index (χ2v) is 6.89. The summed E-state index contributed by atoms with van der Waals surface area (Å²) in [5, 5.41) is 0.916. The number of carbonyl (C=O) groups is 1. The first kappa shape index (κ1) is 16.9. The summed E-state index contributed by atoms with van der Waals surface area (Å²) in [5.41, 5.74) is 0.807. The van der Waals surface area contributed by atoms with Crippen LogP contribution < -0.4 is 14.4 Å². The van der Waals surface area contributed by atoms with Gasteiger partial charge in [0.25, 0.3) is 0 Å². The summed E-state index contributed by atoms with van der Waals surface area (Å²) < 4.78 is 10.8. The Morgan fingerprint density at radius 2 is 1.81 bits per heavy atom. The summed E-state index contributed by atoms with van der Waals surface area (Å²) in [6.07, 6.45) is 4.69. The quantitative estimate of drug-likeness (QED) is 0.836. The Kier molecular flexibility index (Phi) is 4.53. The summed E-state index contributed by atoms with van der Waals surface area (Å²) in [6, 6.07) is 3.78. The molecule has 0 radical (unpaired) electrons. The Morgan fingerprint density at radius 3 is 2.54 bits per heavy atom. The maximum Gasteiger partial charge on any atom is 0.227 e. The average Bonchev–Trinajstić information content (AvgIpc) is 3.37. The fourth-order valence-corrected chi connectivity index (χ4v) is 3.97. The van der Waals surface area contributed by atoms with Crippen LogP contribution in [0.1, 0.15) is 19.3 Å². The molecule has 7 heteroatoms. The zero-order chi connectivity index (χ0) is 18.1. The van der Waals surface area contributed by atoms with Crippen LogP contribution in [0, 0.1) is 5.92 Å². The van der Waals surface area contributed by atoms with Crippen LogP contribution in [0.15, 0.2) is 18.5 Å². The number of nitrogens with zero attached hydrogens (tertiary/aromatic N) is 4. The van der Waals surface area contributed by atoms with Gasteiger partial charge in [-0.25, -0.2) is 9.97 Å². The number of rotatable bonds is 4. The minimum Gasteiger partial charge on any atom is -0.493 e. The van der Waals surface area contributed by atoms with E-state index in [9.17, 15) is 4.79 Å². The van der Waals surface area contributed by atoms with Crippen molar-refractivity contribution in [3.63, 3.8) is 0 Å². The van der Waals surface area contributed by atoms with Gasteiger partial charge in [-0.05, 0) is 25.3 Å². The summed E-state index contributed by atoms with van der Waals surface area (Å²) in [5.74, 6) is 2.50. The first-order chi connectivity index (χ1) is 12.7. The molecule has 2 saturated heterocycles. The molecule has 1 aromatic heterocycles. The number of methoxy groups -OCH3 is 2. The average molecular weight is 356 g/mol. The van der Waals surface area contributed by atoms with Crippen molar-refractivity contribution in [3.05, 3.63) is 18.5 Å². The largest absolute Gasteiger partial charge is 0.493 e. The van der Waals surface area contributed by atoms with E-state index >= 15 is 0 Å². The number of benzene rings is 1. The van der Waals surface area contributed by atoms with Gasteiger partial charge in [0, 0.05) is 37.6 Å². The second-order valence-electron chi connectivity index (χ2n) is 6.89. The number of hydrogen-bond donors (Lipinski definition) is 0. The SMILES string of the molecule is COc1cc2ncnc(N3CCC(C(=O)N4CCCC4)C3)c2cc1OC. The lowest BCUT2D eigenvalue weighted by molar-refractivity contribution is -0.133. The number of anilines is 1. The number of aromatic nitrogens is 2. The van der Waals surface area contributed by atoms with Gasteiger partial charge in [-0.1, -0.05) is 0 Å². The maximum atomic E-state index is 12.7. The van der Waals surface area contributed by atoms with E-state index in [0.717, 1.165) is 55.6 Å². The van der Waals surface area contributed by atoms with Crippen molar-refractivity contribution in [2.24, 2.45) is 5.92 Å². The van der Waals surface area contributed by atoms with Crippen molar-refractivity contribution >= 4 is 22.6 Å². The van der Waals surface area contributed by atoms with Gasteiger partial charge < -0.3 is 19.3 Å². The van der Waals surface area contributed by atoms with Gasteiger partial charge in [0.2, 0.25) is 5.91 Å². The zero-order valence-corrected chi connectivity index (χ0v) is 15.3. The van der Waals surface area contributed by atoms with Crippen molar-refractivity contribution < 1.29 is 14.3 Å². The molecule has 2 fully saturated rings. The van der Waals surface area contributed by atoms with E-state index in [0.29, 0.717) is 24.0 Å². The highest BCUT2D eigenvalue weighted by molar-refractivity contribution is 5.92. The lowest BCUT2D eigenvalue weighted by atomic mass is 10.1. The van der Waals surface area contributed by atoms with Crippen LogP contribution in [-0.2, 0) is 4.79 Å². The topological polar surface area (TPSA) is 67.8 Å². The highest BCUT2D eigenvalue weighted by Gasteiger charge is 2.33. The number of hydrogen-bond acceptors (Lipinski definition) is 6. The molecule has 1 unspecified atom stereocenters. The second kappa shape index (κ2) is 6.97. The molecule has 2 aliphatic heterocycles. The molecular formula is C19H24N4O3. The molecule has 7 nitrogen and oxygen atoms in total. The molecular weight excluding hydrogens is 332 g/mol. The minimum atomic E-state index is 0.0539. The van der Waals surface area contributed by atoms with Gasteiger partial charge in [-0.15, -0.1) is 0 Å². The number of carbonyl (C=O) groups excluding carboxylic acids is 1. The lowest BCUT2D eigenvalue weighted by Crippen LogP contribution is -2.35. The Morgan fingerprint density at radius 1 is 1.08 bits per heavy atom. The molecule has 1 amide bonds. The standard InChI is InChI=1S/C19H24N4O3/c1-25-16-9-14-15(10-17(16)26-2)20-12-21-18(14)23-8-5-13(11-23)19(24)22-6-3-4-7-22/h9-10,12-13H,3-8,11H2,1-2H3. The molecule has 1 aromatic carbocycles. The Balaban J connectivity index is 1.61. The molecule has 2 aliphatic rings. The van der Waals surface area contributed by atoms with E-state index in [2.05, 4.69) is 14.9 Å². The van der Waals surface area contributed by atoms with E-state index < -0.39 is 0 Å². The monoisotopic (exact) mass is 356 g/mol. The number of amides is 1. The summed E-state index contributed by atoms with van der Waals surface area (Å²) in [4.78, 5) is 25.8. The molecule has 26 heavy (non-hydrogen) atoms. The molecule has 4 rings (SSSR count). The molecule has 0 spiro atoms. The smallest absolute Gasteiger partial charge is 0.227 e. The van der Waals surface area contributed by atoms with Crippen molar-refractivity contribution in [1.29, 1.82) is 0 Å². The third-order valence-corrected chi connectivity index (χ3v) is 5.37. The Hall–Kier alpha value is -2.57. The summed E-state index contributed by atoms with van der Waals surface area (Å²) in [7, 11) is 3.23. The van der Waals surface area contributed by atoms with Crippen LogP contribution in [0.3, 0.4) is 0 Å². The highest BCUT2D eigenvalue weighted by Crippen LogP contribution is 2.36. The third-order valence-electron chi connectivity index (χ3n) is 5.37. The predicted molar refractivity (Wildman–Crippen MR) is 98.8 cm³/mol. The van der Waals surface area contributed by atoms with E-state index in [-0.39, 0.29) is 5.92 Å².